The molecule has 0 aliphatic heterocycles. The van der Waals surface area contributed by atoms with Crippen molar-refractivity contribution in [1.82, 2.24) is 5.32 Å². The summed E-state index contributed by atoms with van der Waals surface area (Å²) in [4.78, 5) is 28.6. The van der Waals surface area contributed by atoms with E-state index in [2.05, 4.69) is 31.6 Å². The van der Waals surface area contributed by atoms with Crippen LogP contribution in [-0.2, 0) is 4.79 Å². The second-order valence-electron chi connectivity index (χ2n) is 7.45. The van der Waals surface area contributed by atoms with Gasteiger partial charge in [-0.15, -0.1) is 0 Å². The van der Waals surface area contributed by atoms with Crippen molar-refractivity contribution in [3.05, 3.63) is 74.2 Å². The largest absolute Gasteiger partial charge is 0.384 e. The van der Waals surface area contributed by atoms with Gasteiger partial charge in [-0.3, -0.25) is 14.6 Å². The summed E-state index contributed by atoms with van der Waals surface area (Å²) in [5, 5.41) is 6.46. The molecule has 0 atom stereocenters. The number of hydrogen-bond donors (Lipinski definition) is 3. The van der Waals surface area contributed by atoms with Crippen LogP contribution in [0.15, 0.2) is 57.5 Å². The number of amides is 2. The highest BCUT2D eigenvalue weighted by Crippen LogP contribution is 2.26. The Morgan fingerprint density at radius 2 is 1.78 bits per heavy atom. The SMILES string of the molecule is CN=C(N)/C=C(\C)C(=O)Nc1c(C)cc(Br)cc1C(=O)NC(C)C.Cc1ccccc1Cl. The van der Waals surface area contributed by atoms with Crippen molar-refractivity contribution in [2.75, 3.05) is 12.4 Å². The number of benzene rings is 2. The Morgan fingerprint density at radius 1 is 1.16 bits per heavy atom. The topological polar surface area (TPSA) is 96.6 Å². The van der Waals surface area contributed by atoms with Gasteiger partial charge in [-0.1, -0.05) is 45.7 Å². The van der Waals surface area contributed by atoms with Gasteiger partial charge in [0.2, 0.25) is 0 Å². The molecule has 0 aromatic heterocycles. The van der Waals surface area contributed by atoms with Crippen molar-refractivity contribution in [2.45, 2.75) is 40.7 Å². The first-order valence-corrected chi connectivity index (χ1v) is 11.2. The minimum atomic E-state index is -0.342. The van der Waals surface area contributed by atoms with Crippen molar-refractivity contribution in [3.63, 3.8) is 0 Å². The van der Waals surface area contributed by atoms with Gasteiger partial charge in [-0.05, 0) is 70.0 Å². The summed E-state index contributed by atoms with van der Waals surface area (Å²) in [6, 6.07) is 11.3. The molecule has 2 rings (SSSR count). The van der Waals surface area contributed by atoms with E-state index < -0.39 is 0 Å². The minimum Gasteiger partial charge on any atom is -0.384 e. The molecule has 172 valence electrons. The van der Waals surface area contributed by atoms with Crippen LogP contribution in [0, 0.1) is 13.8 Å². The average molecular weight is 522 g/mol. The molecule has 0 saturated carbocycles. The molecule has 0 heterocycles. The number of halogens is 2. The lowest BCUT2D eigenvalue weighted by atomic mass is 10.1. The molecule has 0 fully saturated rings. The van der Waals surface area contributed by atoms with E-state index in [1.165, 1.54) is 6.08 Å². The number of carbonyl (C=O) groups is 2. The van der Waals surface area contributed by atoms with E-state index >= 15 is 0 Å². The fourth-order valence-electron chi connectivity index (χ4n) is 2.54. The third-order valence-electron chi connectivity index (χ3n) is 4.26. The van der Waals surface area contributed by atoms with Gasteiger partial charge in [0, 0.05) is 28.2 Å². The molecule has 8 heteroatoms. The van der Waals surface area contributed by atoms with E-state index in [1.807, 2.05) is 58.0 Å². The highest BCUT2D eigenvalue weighted by Gasteiger charge is 2.18. The molecule has 4 N–H and O–H groups in total. The lowest BCUT2D eigenvalue weighted by molar-refractivity contribution is -0.112. The van der Waals surface area contributed by atoms with E-state index in [0.29, 0.717) is 16.8 Å². The standard InChI is InChI=1S/C17H23BrN4O2.C7H7Cl/c1-9(2)21-17(24)13-8-12(18)6-10(3)15(13)22-16(23)11(4)7-14(19)20-5;1-6-4-2-3-5-7(6)8/h6-9H,1-5H3,(H2,19,20)(H,21,24)(H,22,23);2-5H,1H3/b11-7+;. The Morgan fingerprint density at radius 3 is 2.28 bits per heavy atom. The van der Waals surface area contributed by atoms with E-state index in [4.69, 9.17) is 17.3 Å². The van der Waals surface area contributed by atoms with Gasteiger partial charge in [-0.25, -0.2) is 0 Å². The lowest BCUT2D eigenvalue weighted by Crippen LogP contribution is -2.31. The second kappa shape index (κ2) is 13.0. The van der Waals surface area contributed by atoms with Crippen molar-refractivity contribution < 1.29 is 9.59 Å². The van der Waals surface area contributed by atoms with Gasteiger partial charge in [0.15, 0.2) is 0 Å². The highest BCUT2D eigenvalue weighted by atomic mass is 79.9. The molecule has 0 radical (unpaired) electrons. The number of nitrogens with zero attached hydrogens (tertiary/aromatic N) is 1. The van der Waals surface area contributed by atoms with Gasteiger partial charge in [-0.2, -0.15) is 0 Å². The summed E-state index contributed by atoms with van der Waals surface area (Å²) < 4.78 is 0.765. The monoisotopic (exact) mass is 520 g/mol. The number of carbonyl (C=O) groups excluding carboxylic acids is 2. The third-order valence-corrected chi connectivity index (χ3v) is 5.14. The molecule has 2 aromatic rings. The smallest absolute Gasteiger partial charge is 0.253 e. The molecule has 0 aliphatic carbocycles. The predicted molar refractivity (Wildman–Crippen MR) is 138 cm³/mol. The molecule has 0 spiro atoms. The highest BCUT2D eigenvalue weighted by molar-refractivity contribution is 9.10. The molecule has 0 bridgehead atoms. The Bertz CT molecular complexity index is 1010. The predicted octanol–water partition coefficient (Wildman–Crippen LogP) is 5.42. The number of hydrogen-bond acceptors (Lipinski definition) is 3. The van der Waals surface area contributed by atoms with E-state index in [9.17, 15) is 9.59 Å². The Kier molecular flexibility index (Phi) is 11.2. The molecule has 2 aromatic carbocycles. The molecular formula is C24H30BrClN4O2. The second-order valence-corrected chi connectivity index (χ2v) is 8.78. The van der Waals surface area contributed by atoms with Gasteiger partial charge >= 0.3 is 0 Å². The van der Waals surface area contributed by atoms with Crippen molar-refractivity contribution in [3.8, 4) is 0 Å². The molecular weight excluding hydrogens is 492 g/mol. The van der Waals surface area contributed by atoms with Crippen LogP contribution >= 0.6 is 27.5 Å². The maximum absolute atomic E-state index is 12.4. The summed E-state index contributed by atoms with van der Waals surface area (Å²) in [5.41, 5.74) is 8.79. The zero-order valence-corrected chi connectivity index (χ0v) is 21.6. The van der Waals surface area contributed by atoms with Crippen LogP contribution in [0.1, 0.15) is 42.3 Å². The number of aryl methyl sites for hydroxylation is 2. The maximum atomic E-state index is 12.4. The first-order valence-electron chi connectivity index (χ1n) is 10.00. The summed E-state index contributed by atoms with van der Waals surface area (Å²) in [7, 11) is 1.55. The Balaban J connectivity index is 0.000000533. The van der Waals surface area contributed by atoms with Crippen molar-refractivity contribution >= 4 is 50.9 Å². The average Bonchev–Trinajstić information content (AvgIpc) is 2.71. The van der Waals surface area contributed by atoms with Gasteiger partial charge in [0.1, 0.15) is 5.84 Å². The zero-order valence-electron chi connectivity index (χ0n) is 19.2. The summed E-state index contributed by atoms with van der Waals surface area (Å²) in [5.74, 6) is -0.334. The van der Waals surface area contributed by atoms with Crippen molar-refractivity contribution in [1.29, 1.82) is 0 Å². The zero-order chi connectivity index (χ0) is 24.4. The van der Waals surface area contributed by atoms with Crippen LogP contribution < -0.4 is 16.4 Å². The van der Waals surface area contributed by atoms with Crippen LogP contribution in [0.4, 0.5) is 5.69 Å². The van der Waals surface area contributed by atoms with Crippen molar-refractivity contribution in [2.24, 2.45) is 10.7 Å². The molecule has 2 amide bonds. The first kappa shape index (κ1) is 27.4. The number of nitrogens with one attached hydrogen (secondary N) is 2. The number of anilines is 1. The summed E-state index contributed by atoms with van der Waals surface area (Å²) in [6.45, 7) is 9.20. The molecule has 0 aliphatic rings. The molecule has 6 nitrogen and oxygen atoms in total. The maximum Gasteiger partial charge on any atom is 0.253 e. The number of nitrogens with two attached hydrogens (primary N) is 1. The van der Waals surface area contributed by atoms with Crippen LogP contribution in [-0.4, -0.2) is 30.7 Å². The number of aliphatic imine (C=N–C) groups is 1. The number of rotatable bonds is 5. The fraction of sp³-hybridized carbons (Fsp3) is 0.292. The number of amidine groups is 1. The molecule has 32 heavy (non-hydrogen) atoms. The van der Waals surface area contributed by atoms with Crippen LogP contribution in [0.2, 0.25) is 5.02 Å². The van der Waals surface area contributed by atoms with Gasteiger partial charge in [0.25, 0.3) is 11.8 Å². The third kappa shape index (κ3) is 8.85. The van der Waals surface area contributed by atoms with E-state index in [1.54, 1.807) is 20.0 Å². The van der Waals surface area contributed by atoms with Crippen LogP contribution in [0.5, 0.6) is 0 Å². The molecule has 0 unspecified atom stereocenters. The normalized spacial score (nSPS) is 11.5. The minimum absolute atomic E-state index is 0.0115. The van der Waals surface area contributed by atoms with Crippen LogP contribution in [0.25, 0.3) is 0 Å². The summed E-state index contributed by atoms with van der Waals surface area (Å²) >= 11 is 9.09. The van der Waals surface area contributed by atoms with E-state index in [0.717, 1.165) is 20.6 Å². The molecule has 0 saturated heterocycles. The Hall–Kier alpha value is -2.64. The van der Waals surface area contributed by atoms with Crippen LogP contribution in [0.3, 0.4) is 0 Å². The van der Waals surface area contributed by atoms with Gasteiger partial charge in [0.05, 0.1) is 11.3 Å². The van der Waals surface area contributed by atoms with E-state index in [-0.39, 0.29) is 23.7 Å². The first-order chi connectivity index (χ1) is 15.0. The summed E-state index contributed by atoms with van der Waals surface area (Å²) in [6.07, 6.45) is 1.48. The fourth-order valence-corrected chi connectivity index (χ4v) is 3.25. The lowest BCUT2D eigenvalue weighted by Gasteiger charge is -2.16. The Labute approximate surface area is 203 Å². The quantitative estimate of drug-likeness (QED) is 0.279. The van der Waals surface area contributed by atoms with Gasteiger partial charge < -0.3 is 16.4 Å².